The van der Waals surface area contributed by atoms with E-state index in [4.69, 9.17) is 16.0 Å². The maximum atomic E-state index is 11.9. The van der Waals surface area contributed by atoms with Crippen molar-refractivity contribution >= 4 is 29.4 Å². The second kappa shape index (κ2) is 8.47. The number of carbonyl (C=O) groups excluding carboxylic acids is 1. The summed E-state index contributed by atoms with van der Waals surface area (Å²) in [5, 5.41) is 24.7. The first-order valence-electron chi connectivity index (χ1n) is 8.06. The topological polar surface area (TPSA) is 118 Å². The molecule has 3 rings (SSSR count). The first-order chi connectivity index (χ1) is 13.5. The fourth-order valence-corrected chi connectivity index (χ4v) is 2.58. The summed E-state index contributed by atoms with van der Waals surface area (Å²) in [6, 6.07) is 15.9. The zero-order valence-corrected chi connectivity index (χ0v) is 15.0. The van der Waals surface area contributed by atoms with Crippen LogP contribution in [0.2, 0.25) is 5.02 Å². The van der Waals surface area contributed by atoms with Crippen LogP contribution in [0.25, 0.3) is 11.3 Å². The summed E-state index contributed by atoms with van der Waals surface area (Å²) in [6.45, 7) is 0. The summed E-state index contributed by atoms with van der Waals surface area (Å²) >= 11 is 5.80. The maximum Gasteiger partial charge on any atom is 0.288 e. The van der Waals surface area contributed by atoms with Crippen LogP contribution in [0.15, 0.2) is 70.2 Å². The van der Waals surface area contributed by atoms with Crippen molar-refractivity contribution < 1.29 is 19.2 Å². The third kappa shape index (κ3) is 4.43. The van der Waals surface area contributed by atoms with Crippen molar-refractivity contribution in [1.82, 2.24) is 5.43 Å². The third-order valence-corrected chi connectivity index (χ3v) is 4.10. The van der Waals surface area contributed by atoms with E-state index in [1.54, 1.807) is 48.5 Å². The van der Waals surface area contributed by atoms with Crippen LogP contribution in [-0.2, 0) is 4.79 Å². The van der Waals surface area contributed by atoms with Crippen LogP contribution in [0.4, 0.5) is 5.69 Å². The lowest BCUT2D eigenvalue weighted by molar-refractivity contribution is -0.384. The molecule has 0 radical (unpaired) electrons. The molecule has 142 valence electrons. The number of hydrazone groups is 1. The van der Waals surface area contributed by atoms with E-state index in [2.05, 4.69) is 10.5 Å². The molecule has 1 aromatic heterocycles. The Bertz CT molecular complexity index is 1030. The minimum absolute atomic E-state index is 0.0294. The number of rotatable bonds is 6. The summed E-state index contributed by atoms with van der Waals surface area (Å²) in [5.74, 6) is -0.0125. The zero-order chi connectivity index (χ0) is 20.1. The highest BCUT2D eigenvalue weighted by molar-refractivity contribution is 6.32. The summed E-state index contributed by atoms with van der Waals surface area (Å²) < 4.78 is 5.54. The standard InChI is InChI=1S/C19H14ClN3O5/c20-15-8-6-13(10-16(15)23(26)27)17-9-7-14(28-17)11-21-22-19(25)18(24)12-4-2-1-3-5-12/h1-11,18,24H,(H,22,25)/b21-11-/t18-/m1/s1. The largest absolute Gasteiger partial charge is 0.455 e. The van der Waals surface area contributed by atoms with E-state index in [0.29, 0.717) is 22.6 Å². The van der Waals surface area contributed by atoms with Crippen molar-refractivity contribution in [2.45, 2.75) is 6.10 Å². The lowest BCUT2D eigenvalue weighted by Crippen LogP contribution is -2.25. The van der Waals surface area contributed by atoms with Crippen LogP contribution < -0.4 is 5.43 Å². The number of aliphatic hydroxyl groups is 1. The molecule has 1 amide bonds. The van der Waals surface area contributed by atoms with Gasteiger partial charge in [-0.25, -0.2) is 5.43 Å². The highest BCUT2D eigenvalue weighted by atomic mass is 35.5. The second-order valence-corrected chi connectivity index (χ2v) is 6.08. The van der Waals surface area contributed by atoms with E-state index in [0.717, 1.165) is 0 Å². The number of amides is 1. The molecule has 0 aliphatic rings. The van der Waals surface area contributed by atoms with Crippen LogP contribution in [0.5, 0.6) is 0 Å². The van der Waals surface area contributed by atoms with Crippen molar-refractivity contribution in [1.29, 1.82) is 0 Å². The maximum absolute atomic E-state index is 11.9. The van der Waals surface area contributed by atoms with Gasteiger partial charge in [-0.1, -0.05) is 41.9 Å². The number of nitro groups is 1. The van der Waals surface area contributed by atoms with Crippen LogP contribution >= 0.6 is 11.6 Å². The Morgan fingerprint density at radius 1 is 1.21 bits per heavy atom. The Hall–Kier alpha value is -3.49. The number of hydrogen-bond acceptors (Lipinski definition) is 6. The number of nitro benzene ring substituents is 1. The number of furan rings is 1. The Morgan fingerprint density at radius 2 is 1.96 bits per heavy atom. The Kier molecular flexibility index (Phi) is 5.83. The second-order valence-electron chi connectivity index (χ2n) is 5.67. The Morgan fingerprint density at radius 3 is 2.68 bits per heavy atom. The first-order valence-corrected chi connectivity index (χ1v) is 8.43. The predicted octanol–water partition coefficient (Wildman–Crippen LogP) is 3.69. The molecule has 3 aromatic rings. The molecule has 1 heterocycles. The number of carbonyl (C=O) groups is 1. The van der Waals surface area contributed by atoms with E-state index in [-0.39, 0.29) is 10.7 Å². The minimum atomic E-state index is -1.35. The number of halogens is 1. The third-order valence-electron chi connectivity index (χ3n) is 3.78. The lowest BCUT2D eigenvalue weighted by atomic mass is 10.1. The number of benzene rings is 2. The van der Waals surface area contributed by atoms with Gasteiger partial charge in [-0.05, 0) is 29.8 Å². The fourth-order valence-electron chi connectivity index (χ4n) is 2.39. The number of aliphatic hydroxyl groups excluding tert-OH is 1. The molecule has 0 fully saturated rings. The monoisotopic (exact) mass is 399 g/mol. The molecule has 0 unspecified atom stereocenters. The van der Waals surface area contributed by atoms with Gasteiger partial charge in [0, 0.05) is 11.6 Å². The number of hydrogen-bond donors (Lipinski definition) is 2. The van der Waals surface area contributed by atoms with Gasteiger partial charge in [0.25, 0.3) is 11.6 Å². The molecule has 1 atom stereocenters. The molecule has 9 heteroatoms. The highest BCUT2D eigenvalue weighted by Crippen LogP contribution is 2.31. The normalized spacial score (nSPS) is 12.1. The van der Waals surface area contributed by atoms with Crippen LogP contribution in [0, 0.1) is 10.1 Å². The highest BCUT2D eigenvalue weighted by Gasteiger charge is 2.17. The van der Waals surface area contributed by atoms with Gasteiger partial charge < -0.3 is 9.52 Å². The fraction of sp³-hybridized carbons (Fsp3) is 0.0526. The zero-order valence-electron chi connectivity index (χ0n) is 14.3. The molecule has 0 saturated heterocycles. The van der Waals surface area contributed by atoms with Gasteiger partial charge in [-0.15, -0.1) is 0 Å². The van der Waals surface area contributed by atoms with Crippen molar-refractivity contribution in [2.24, 2.45) is 5.10 Å². The molecule has 0 aliphatic heterocycles. The summed E-state index contributed by atoms with van der Waals surface area (Å²) in [4.78, 5) is 22.3. The number of nitrogens with zero attached hydrogens (tertiary/aromatic N) is 2. The van der Waals surface area contributed by atoms with Crippen LogP contribution in [0.1, 0.15) is 17.4 Å². The quantitative estimate of drug-likeness (QED) is 0.372. The van der Waals surface area contributed by atoms with Crippen molar-refractivity contribution in [2.75, 3.05) is 0 Å². The van der Waals surface area contributed by atoms with E-state index in [9.17, 15) is 20.0 Å². The summed E-state index contributed by atoms with van der Waals surface area (Å²) in [7, 11) is 0. The molecule has 2 N–H and O–H groups in total. The van der Waals surface area contributed by atoms with Crippen molar-refractivity contribution in [3.63, 3.8) is 0 Å². The van der Waals surface area contributed by atoms with Gasteiger partial charge in [0.05, 0.1) is 11.1 Å². The molecule has 0 aliphatic carbocycles. The molecule has 28 heavy (non-hydrogen) atoms. The Labute approximate surface area is 164 Å². The van der Waals surface area contributed by atoms with Gasteiger partial charge in [0.15, 0.2) is 6.10 Å². The average molecular weight is 400 g/mol. The molecule has 0 saturated carbocycles. The van der Waals surface area contributed by atoms with Gasteiger partial charge in [0.1, 0.15) is 16.5 Å². The summed E-state index contributed by atoms with van der Waals surface area (Å²) in [6.07, 6.45) is -0.0937. The molecule has 0 spiro atoms. The predicted molar refractivity (Wildman–Crippen MR) is 103 cm³/mol. The van der Waals surface area contributed by atoms with E-state index < -0.39 is 16.9 Å². The average Bonchev–Trinajstić information content (AvgIpc) is 3.17. The first kappa shape index (κ1) is 19.3. The van der Waals surface area contributed by atoms with Crippen molar-refractivity contribution in [3.8, 4) is 11.3 Å². The van der Waals surface area contributed by atoms with Crippen LogP contribution in [-0.4, -0.2) is 22.2 Å². The minimum Gasteiger partial charge on any atom is -0.455 e. The van der Waals surface area contributed by atoms with E-state index in [1.807, 2.05) is 0 Å². The molecule has 0 bridgehead atoms. The SMILES string of the molecule is O=C(N/N=C\c1ccc(-c2ccc(Cl)c([N+](=O)[O-])c2)o1)[C@H](O)c1ccccc1. The van der Waals surface area contributed by atoms with Gasteiger partial charge in [-0.2, -0.15) is 5.10 Å². The summed E-state index contributed by atoms with van der Waals surface area (Å²) in [5.41, 5.74) is 2.91. The Balaban J connectivity index is 1.67. The number of nitrogens with one attached hydrogen (secondary N) is 1. The van der Waals surface area contributed by atoms with Gasteiger partial charge >= 0.3 is 0 Å². The van der Waals surface area contributed by atoms with Crippen LogP contribution in [0.3, 0.4) is 0 Å². The molecular formula is C19H14ClN3O5. The molecular weight excluding hydrogens is 386 g/mol. The molecule has 8 nitrogen and oxygen atoms in total. The van der Waals surface area contributed by atoms with Crippen molar-refractivity contribution in [3.05, 3.63) is 87.1 Å². The van der Waals surface area contributed by atoms with E-state index in [1.165, 1.54) is 18.3 Å². The smallest absolute Gasteiger partial charge is 0.288 e. The lowest BCUT2D eigenvalue weighted by Gasteiger charge is -2.08. The van der Waals surface area contributed by atoms with Gasteiger partial charge in [0.2, 0.25) is 0 Å². The van der Waals surface area contributed by atoms with E-state index >= 15 is 0 Å². The molecule has 2 aromatic carbocycles. The van der Waals surface area contributed by atoms with Gasteiger partial charge in [-0.3, -0.25) is 14.9 Å².